The lowest BCUT2D eigenvalue weighted by molar-refractivity contribution is 0.304. The fourth-order valence-corrected chi connectivity index (χ4v) is 2.31. The van der Waals surface area contributed by atoms with Crippen LogP contribution >= 0.6 is 23.2 Å². The first-order valence-electron chi connectivity index (χ1n) is 6.41. The van der Waals surface area contributed by atoms with Gasteiger partial charge < -0.3 is 10.5 Å². The van der Waals surface area contributed by atoms with Gasteiger partial charge in [0, 0.05) is 11.6 Å². The maximum Gasteiger partial charge on any atom is 0.122 e. The van der Waals surface area contributed by atoms with Gasteiger partial charge in [-0.1, -0.05) is 47.5 Å². The average Bonchev–Trinajstić information content (AvgIpc) is 2.41. The maximum absolute atomic E-state index is 6.14. The van der Waals surface area contributed by atoms with Gasteiger partial charge in [-0.2, -0.15) is 0 Å². The van der Waals surface area contributed by atoms with E-state index in [1.54, 1.807) is 6.07 Å². The summed E-state index contributed by atoms with van der Waals surface area (Å²) in [4.78, 5) is 0. The fourth-order valence-electron chi connectivity index (χ4n) is 1.93. The van der Waals surface area contributed by atoms with Crippen LogP contribution < -0.4 is 10.5 Å². The highest BCUT2D eigenvalue weighted by Crippen LogP contribution is 2.28. The van der Waals surface area contributed by atoms with Crippen molar-refractivity contribution in [1.29, 1.82) is 0 Å². The van der Waals surface area contributed by atoms with E-state index >= 15 is 0 Å². The molecule has 0 radical (unpaired) electrons. The predicted octanol–water partition coefficient (Wildman–Crippen LogP) is 4.90. The third kappa shape index (κ3) is 3.45. The van der Waals surface area contributed by atoms with E-state index in [9.17, 15) is 0 Å². The van der Waals surface area contributed by atoms with E-state index in [1.807, 2.05) is 44.2 Å². The maximum atomic E-state index is 6.14. The van der Waals surface area contributed by atoms with E-state index in [1.165, 1.54) is 0 Å². The van der Waals surface area contributed by atoms with Crippen molar-refractivity contribution < 1.29 is 4.74 Å². The molecule has 2 nitrogen and oxygen atoms in total. The third-order valence-electron chi connectivity index (χ3n) is 3.14. The Kier molecular flexibility index (Phi) is 4.92. The molecule has 0 unspecified atom stereocenters. The van der Waals surface area contributed by atoms with Crippen LogP contribution in [0.1, 0.15) is 29.7 Å². The molecule has 0 bridgehead atoms. The van der Waals surface area contributed by atoms with Gasteiger partial charge in [-0.25, -0.2) is 0 Å². The van der Waals surface area contributed by atoms with Crippen molar-refractivity contribution in [2.75, 3.05) is 0 Å². The van der Waals surface area contributed by atoms with Crippen molar-refractivity contribution in [1.82, 2.24) is 0 Å². The zero-order valence-corrected chi connectivity index (χ0v) is 13.0. The molecule has 0 saturated heterocycles. The monoisotopic (exact) mass is 309 g/mol. The first-order valence-corrected chi connectivity index (χ1v) is 7.16. The zero-order valence-electron chi connectivity index (χ0n) is 11.5. The molecule has 0 saturated carbocycles. The SMILES string of the molecule is Cc1cc([C@@H](C)N)ccc1OCc1cccc(Cl)c1Cl. The highest BCUT2D eigenvalue weighted by atomic mass is 35.5. The van der Waals surface area contributed by atoms with Crippen molar-refractivity contribution >= 4 is 23.2 Å². The third-order valence-corrected chi connectivity index (χ3v) is 4.00. The van der Waals surface area contributed by atoms with Gasteiger partial charge in [0.1, 0.15) is 12.4 Å². The molecule has 0 spiro atoms. The lowest BCUT2D eigenvalue weighted by Gasteiger charge is -2.13. The first kappa shape index (κ1) is 15.2. The molecule has 0 aromatic heterocycles. The second-order valence-corrected chi connectivity index (χ2v) is 5.60. The van der Waals surface area contributed by atoms with Crippen LogP contribution in [0.25, 0.3) is 0 Å². The Morgan fingerprint density at radius 2 is 1.95 bits per heavy atom. The zero-order chi connectivity index (χ0) is 14.7. The van der Waals surface area contributed by atoms with Gasteiger partial charge in [-0.15, -0.1) is 0 Å². The molecule has 2 rings (SSSR count). The van der Waals surface area contributed by atoms with Crippen LogP contribution in [-0.2, 0) is 6.61 Å². The first-order chi connectivity index (χ1) is 9.49. The molecular formula is C16H17Cl2NO. The Morgan fingerprint density at radius 3 is 2.60 bits per heavy atom. The lowest BCUT2D eigenvalue weighted by atomic mass is 10.1. The molecule has 2 aromatic carbocycles. The van der Waals surface area contributed by atoms with Gasteiger partial charge in [0.2, 0.25) is 0 Å². The molecule has 0 amide bonds. The van der Waals surface area contributed by atoms with Gasteiger partial charge in [-0.05, 0) is 37.1 Å². The van der Waals surface area contributed by atoms with Crippen molar-refractivity contribution in [3.05, 3.63) is 63.1 Å². The van der Waals surface area contributed by atoms with Crippen LogP contribution in [0.2, 0.25) is 10.0 Å². The smallest absolute Gasteiger partial charge is 0.122 e. The number of rotatable bonds is 4. The second-order valence-electron chi connectivity index (χ2n) is 4.82. The molecule has 20 heavy (non-hydrogen) atoms. The molecule has 1 atom stereocenters. The molecule has 0 heterocycles. The summed E-state index contributed by atoms with van der Waals surface area (Å²) in [5.41, 5.74) is 8.88. The minimum Gasteiger partial charge on any atom is -0.489 e. The largest absolute Gasteiger partial charge is 0.489 e. The number of hydrogen-bond donors (Lipinski definition) is 1. The van der Waals surface area contributed by atoms with Crippen LogP contribution in [0.5, 0.6) is 5.75 Å². The van der Waals surface area contributed by atoms with Crippen LogP contribution in [0, 0.1) is 6.92 Å². The summed E-state index contributed by atoms with van der Waals surface area (Å²) in [6.45, 7) is 4.35. The molecule has 0 aliphatic rings. The summed E-state index contributed by atoms with van der Waals surface area (Å²) in [5, 5.41) is 1.08. The summed E-state index contributed by atoms with van der Waals surface area (Å²) in [5.74, 6) is 0.824. The predicted molar refractivity (Wildman–Crippen MR) is 84.6 cm³/mol. The molecular weight excluding hydrogens is 293 g/mol. The Morgan fingerprint density at radius 1 is 1.20 bits per heavy atom. The summed E-state index contributed by atoms with van der Waals surface area (Å²) >= 11 is 12.1. The van der Waals surface area contributed by atoms with Crippen LogP contribution in [0.3, 0.4) is 0 Å². The Balaban J connectivity index is 2.13. The van der Waals surface area contributed by atoms with Crippen LogP contribution in [0.15, 0.2) is 36.4 Å². The minimum absolute atomic E-state index is 0.0186. The van der Waals surface area contributed by atoms with E-state index in [-0.39, 0.29) is 6.04 Å². The minimum atomic E-state index is 0.0186. The Hall–Kier alpha value is -1.22. The fraction of sp³-hybridized carbons (Fsp3) is 0.250. The van der Waals surface area contributed by atoms with E-state index in [4.69, 9.17) is 33.7 Å². The van der Waals surface area contributed by atoms with E-state index in [0.717, 1.165) is 22.4 Å². The van der Waals surface area contributed by atoms with Gasteiger partial charge in [-0.3, -0.25) is 0 Å². The summed E-state index contributed by atoms with van der Waals surface area (Å²) in [7, 11) is 0. The van der Waals surface area contributed by atoms with E-state index < -0.39 is 0 Å². The number of halogens is 2. The second kappa shape index (κ2) is 6.49. The summed E-state index contributed by atoms with van der Waals surface area (Å²) in [6, 6.07) is 11.5. The summed E-state index contributed by atoms with van der Waals surface area (Å²) in [6.07, 6.45) is 0. The number of nitrogens with two attached hydrogens (primary N) is 1. The van der Waals surface area contributed by atoms with Crippen molar-refractivity contribution in [2.45, 2.75) is 26.5 Å². The molecule has 0 fully saturated rings. The molecule has 0 aliphatic carbocycles. The highest BCUT2D eigenvalue weighted by molar-refractivity contribution is 6.42. The van der Waals surface area contributed by atoms with Crippen LogP contribution in [0.4, 0.5) is 0 Å². The Bertz CT molecular complexity index is 611. The van der Waals surface area contributed by atoms with Crippen molar-refractivity contribution in [3.63, 3.8) is 0 Å². The van der Waals surface area contributed by atoms with Gasteiger partial charge >= 0.3 is 0 Å². The molecule has 4 heteroatoms. The molecule has 106 valence electrons. The quantitative estimate of drug-likeness (QED) is 0.871. The number of ether oxygens (including phenoxy) is 1. The van der Waals surface area contributed by atoms with E-state index in [0.29, 0.717) is 16.7 Å². The Labute approximate surface area is 129 Å². The standard InChI is InChI=1S/C16H17Cl2NO/c1-10-8-12(11(2)19)6-7-15(10)20-9-13-4-3-5-14(17)16(13)18/h3-8,11H,9,19H2,1-2H3/t11-/m1/s1. The highest BCUT2D eigenvalue weighted by Gasteiger charge is 2.07. The molecule has 2 N–H and O–H groups in total. The topological polar surface area (TPSA) is 35.2 Å². The van der Waals surface area contributed by atoms with Gasteiger partial charge in [0.15, 0.2) is 0 Å². The van der Waals surface area contributed by atoms with Crippen molar-refractivity contribution in [2.24, 2.45) is 5.73 Å². The average molecular weight is 310 g/mol. The number of benzene rings is 2. The van der Waals surface area contributed by atoms with E-state index in [2.05, 4.69) is 0 Å². The lowest BCUT2D eigenvalue weighted by Crippen LogP contribution is -2.05. The van der Waals surface area contributed by atoms with Crippen molar-refractivity contribution in [3.8, 4) is 5.75 Å². The van der Waals surface area contributed by atoms with Gasteiger partial charge in [0.05, 0.1) is 10.0 Å². The summed E-state index contributed by atoms with van der Waals surface area (Å²) < 4.78 is 5.81. The molecule has 2 aromatic rings. The van der Waals surface area contributed by atoms with Crippen LogP contribution in [-0.4, -0.2) is 0 Å². The van der Waals surface area contributed by atoms with Gasteiger partial charge in [0.25, 0.3) is 0 Å². The number of hydrogen-bond acceptors (Lipinski definition) is 2. The normalized spacial score (nSPS) is 12.2. The number of aryl methyl sites for hydroxylation is 1. The molecule has 0 aliphatic heterocycles.